The van der Waals surface area contributed by atoms with Crippen molar-refractivity contribution in [3.63, 3.8) is 0 Å². The Balaban J connectivity index is 2.68. The standard InChI is InChI=1S/C21H26BrNOSi/c1-13-8-10-16-19(18(13)22)25(20(2,3)4,21(5,6)7)17-12-14(24)9-11-15(17)23-16/h8-12,24H,1H2,2-7H3. The van der Waals surface area contributed by atoms with Crippen molar-refractivity contribution in [2.45, 2.75) is 51.6 Å². The average Bonchev–Trinajstić information content (AvgIpc) is 2.46. The predicted octanol–water partition coefficient (Wildman–Crippen LogP) is 3.99. The minimum Gasteiger partial charge on any atom is -0.508 e. The molecule has 0 atom stereocenters. The van der Waals surface area contributed by atoms with Crippen LogP contribution in [0, 0.1) is 0 Å². The van der Waals surface area contributed by atoms with Gasteiger partial charge in [-0.25, -0.2) is 4.99 Å². The van der Waals surface area contributed by atoms with Gasteiger partial charge in [-0.1, -0.05) is 70.1 Å². The molecule has 0 radical (unpaired) electrons. The molecule has 0 spiro atoms. The molecular weight excluding hydrogens is 390 g/mol. The molecule has 0 saturated carbocycles. The van der Waals surface area contributed by atoms with Crippen LogP contribution in [-0.2, 0) is 0 Å². The molecule has 0 bridgehead atoms. The van der Waals surface area contributed by atoms with Crippen LogP contribution in [0.5, 0.6) is 5.75 Å². The highest BCUT2D eigenvalue weighted by molar-refractivity contribution is 9.10. The minimum atomic E-state index is -2.38. The second-order valence-corrected chi connectivity index (χ2v) is 15.3. The van der Waals surface area contributed by atoms with Gasteiger partial charge in [0.25, 0.3) is 0 Å². The molecule has 132 valence electrons. The van der Waals surface area contributed by atoms with E-state index in [4.69, 9.17) is 4.99 Å². The number of phenolic OH excluding ortho intramolecular Hbond substituents is 1. The maximum absolute atomic E-state index is 10.3. The highest BCUT2D eigenvalue weighted by atomic mass is 79.9. The first-order valence-electron chi connectivity index (χ1n) is 8.61. The van der Waals surface area contributed by atoms with E-state index in [1.807, 2.05) is 18.2 Å². The van der Waals surface area contributed by atoms with Crippen molar-refractivity contribution in [2.24, 2.45) is 4.99 Å². The first kappa shape index (κ1) is 18.4. The van der Waals surface area contributed by atoms with Crippen LogP contribution in [-0.4, -0.2) is 13.2 Å². The first-order valence-corrected chi connectivity index (χ1v) is 11.4. The summed E-state index contributed by atoms with van der Waals surface area (Å²) in [5.41, 5.74) is 0.991. The fourth-order valence-electron chi connectivity index (χ4n) is 4.93. The Morgan fingerprint density at radius 1 is 1.00 bits per heavy atom. The molecule has 2 aromatic rings. The van der Waals surface area contributed by atoms with Crippen molar-refractivity contribution in [2.75, 3.05) is 0 Å². The molecule has 2 nitrogen and oxygen atoms in total. The summed E-state index contributed by atoms with van der Waals surface area (Å²) < 4.78 is 1.07. The van der Waals surface area contributed by atoms with E-state index in [-0.39, 0.29) is 10.1 Å². The average molecular weight is 416 g/mol. The van der Waals surface area contributed by atoms with Crippen molar-refractivity contribution in [1.29, 1.82) is 0 Å². The quantitative estimate of drug-likeness (QED) is 0.648. The summed E-state index contributed by atoms with van der Waals surface area (Å²) in [4.78, 5) is 4.94. The van der Waals surface area contributed by atoms with Gasteiger partial charge in [0.15, 0.2) is 0 Å². The lowest BCUT2D eigenvalue weighted by atomic mass is 10.2. The topological polar surface area (TPSA) is 32.6 Å². The van der Waals surface area contributed by atoms with Gasteiger partial charge in [0.05, 0.1) is 11.0 Å². The van der Waals surface area contributed by atoms with Gasteiger partial charge in [0, 0.05) is 4.47 Å². The van der Waals surface area contributed by atoms with Crippen LogP contribution in [0.4, 0.5) is 5.69 Å². The van der Waals surface area contributed by atoms with Gasteiger partial charge < -0.3 is 5.11 Å². The van der Waals surface area contributed by atoms with Crippen molar-refractivity contribution in [3.8, 4) is 5.75 Å². The van der Waals surface area contributed by atoms with Crippen LogP contribution in [0.3, 0.4) is 0 Å². The third kappa shape index (κ3) is 2.45. The van der Waals surface area contributed by atoms with Crippen LogP contribution in [0.1, 0.15) is 41.5 Å². The number of aromatic hydroxyl groups is 1. The summed E-state index contributed by atoms with van der Waals surface area (Å²) in [6.07, 6.45) is 0. The molecule has 1 N–H and O–H groups in total. The predicted molar refractivity (Wildman–Crippen MR) is 113 cm³/mol. The molecule has 3 rings (SSSR count). The summed E-state index contributed by atoms with van der Waals surface area (Å²) >= 11 is 3.85. The Labute approximate surface area is 159 Å². The number of fused-ring (bicyclic) bond motifs is 2. The van der Waals surface area contributed by atoms with Crippen molar-refractivity contribution in [3.05, 3.63) is 45.4 Å². The fourth-order valence-corrected chi connectivity index (χ4v) is 13.7. The Morgan fingerprint density at radius 2 is 1.60 bits per heavy atom. The summed E-state index contributed by atoms with van der Waals surface area (Å²) in [5.74, 6) is 0.310. The maximum Gasteiger partial charge on any atom is 0.135 e. The van der Waals surface area contributed by atoms with E-state index in [9.17, 15) is 5.11 Å². The molecule has 0 fully saturated rings. The highest BCUT2D eigenvalue weighted by Gasteiger charge is 2.58. The number of benzene rings is 2. The SMILES string of the molecule is C=c1ccc2c(c1Br)[Si](C(C)(C)C)(C(C)(C)C)c1cc(O)ccc1N=2. The molecule has 1 aliphatic heterocycles. The molecule has 1 aliphatic rings. The molecule has 25 heavy (non-hydrogen) atoms. The fraction of sp³-hybridized carbons (Fsp3) is 0.381. The monoisotopic (exact) mass is 415 g/mol. The second-order valence-electron chi connectivity index (χ2n) is 9.00. The lowest BCUT2D eigenvalue weighted by molar-refractivity contribution is 0.475. The molecule has 0 aromatic heterocycles. The van der Waals surface area contributed by atoms with E-state index in [1.54, 1.807) is 6.07 Å². The van der Waals surface area contributed by atoms with Gasteiger partial charge in [0.2, 0.25) is 0 Å². The van der Waals surface area contributed by atoms with E-state index in [0.717, 1.165) is 20.7 Å². The first-order chi connectivity index (χ1) is 11.4. The van der Waals surface area contributed by atoms with Gasteiger partial charge in [-0.15, -0.1) is 0 Å². The Hall–Kier alpha value is -1.39. The number of phenols is 1. The van der Waals surface area contributed by atoms with Gasteiger partial charge in [-0.05, 0) is 49.9 Å². The smallest absolute Gasteiger partial charge is 0.135 e. The number of rotatable bonds is 0. The Morgan fingerprint density at radius 3 is 2.16 bits per heavy atom. The van der Waals surface area contributed by atoms with Gasteiger partial charge in [-0.2, -0.15) is 0 Å². The molecule has 0 saturated heterocycles. The summed E-state index contributed by atoms with van der Waals surface area (Å²) in [5, 5.41) is 14.9. The van der Waals surface area contributed by atoms with Gasteiger partial charge >= 0.3 is 0 Å². The lowest BCUT2D eigenvalue weighted by Crippen LogP contribution is -2.74. The van der Waals surface area contributed by atoms with Crippen molar-refractivity contribution >= 4 is 46.6 Å². The summed E-state index contributed by atoms with van der Waals surface area (Å²) in [6.45, 7) is 18.2. The number of halogens is 1. The zero-order chi connectivity index (χ0) is 18.8. The van der Waals surface area contributed by atoms with Crippen LogP contribution < -0.4 is 20.9 Å². The molecular formula is C21H26BrNOSi. The van der Waals surface area contributed by atoms with Gasteiger partial charge in [-0.3, -0.25) is 0 Å². The lowest BCUT2D eigenvalue weighted by Gasteiger charge is -2.54. The van der Waals surface area contributed by atoms with Crippen molar-refractivity contribution < 1.29 is 5.11 Å². The molecule has 2 aromatic carbocycles. The summed E-state index contributed by atoms with van der Waals surface area (Å²) in [6, 6.07) is 9.77. The third-order valence-corrected chi connectivity index (χ3v) is 13.7. The third-order valence-electron chi connectivity index (χ3n) is 5.45. The van der Waals surface area contributed by atoms with Gasteiger partial charge in [0.1, 0.15) is 13.8 Å². The number of nitrogens with zero attached hydrogens (tertiary/aromatic N) is 1. The second kappa shape index (κ2) is 5.55. The van der Waals surface area contributed by atoms with E-state index in [2.05, 4.69) is 70.1 Å². The highest BCUT2D eigenvalue weighted by Crippen LogP contribution is 2.52. The molecule has 0 unspecified atom stereocenters. The van der Waals surface area contributed by atoms with E-state index in [1.165, 1.54) is 10.4 Å². The van der Waals surface area contributed by atoms with E-state index >= 15 is 0 Å². The number of hydrogen-bond acceptors (Lipinski definition) is 2. The number of hydrogen-bond donors (Lipinski definition) is 1. The molecule has 1 heterocycles. The zero-order valence-electron chi connectivity index (χ0n) is 15.9. The molecule has 0 amide bonds. The minimum absolute atomic E-state index is 0.0226. The molecule has 0 aliphatic carbocycles. The van der Waals surface area contributed by atoms with Crippen LogP contribution in [0.25, 0.3) is 6.58 Å². The van der Waals surface area contributed by atoms with Crippen LogP contribution in [0.15, 0.2) is 39.8 Å². The van der Waals surface area contributed by atoms with Crippen LogP contribution >= 0.6 is 15.9 Å². The van der Waals surface area contributed by atoms with E-state index < -0.39 is 8.07 Å². The largest absolute Gasteiger partial charge is 0.508 e. The Kier molecular flexibility index (Phi) is 4.08. The normalized spacial score (nSPS) is 16.0. The molecule has 4 heteroatoms. The van der Waals surface area contributed by atoms with E-state index in [0.29, 0.717) is 5.75 Å². The Bertz CT molecular complexity index is 953. The maximum atomic E-state index is 10.3. The summed E-state index contributed by atoms with van der Waals surface area (Å²) in [7, 11) is -2.38. The van der Waals surface area contributed by atoms with Crippen molar-refractivity contribution in [1.82, 2.24) is 0 Å². The zero-order valence-corrected chi connectivity index (χ0v) is 18.5. The van der Waals surface area contributed by atoms with Crippen LogP contribution in [0.2, 0.25) is 10.1 Å².